The first kappa shape index (κ1) is 11.4. The molecular weight excluding hydrogens is 156 g/mol. The first-order valence-corrected chi connectivity index (χ1v) is 4.08. The maximum atomic E-state index is 7.17. The van der Waals surface area contributed by atoms with Gasteiger partial charge in [0.15, 0.2) is 0 Å². The molecule has 0 aliphatic rings. The maximum absolute atomic E-state index is 7.17. The molecule has 0 spiro atoms. The Kier molecular flexibility index (Phi) is 4.85. The highest BCUT2D eigenvalue weighted by molar-refractivity contribution is 5.80. The number of ether oxygens (including phenoxy) is 2. The molecule has 0 radical (unpaired) electrons. The normalized spacial score (nSPS) is 11.6. The van der Waals surface area contributed by atoms with E-state index in [-0.39, 0.29) is 18.0 Å². The first-order chi connectivity index (χ1) is 5.43. The summed E-state index contributed by atoms with van der Waals surface area (Å²) in [6.07, 6.45) is -0.680. The van der Waals surface area contributed by atoms with Crippen molar-refractivity contribution in [1.29, 1.82) is 5.41 Å². The number of nitrogens with one attached hydrogen (secondary N) is 1. The number of nitrogens with two attached hydrogens (primary N) is 1. The molecule has 0 bridgehead atoms. The van der Waals surface area contributed by atoms with Crippen LogP contribution in [0.2, 0.25) is 0 Å². The van der Waals surface area contributed by atoms with Crippen molar-refractivity contribution >= 4 is 5.84 Å². The van der Waals surface area contributed by atoms with Crippen molar-refractivity contribution in [3.63, 3.8) is 0 Å². The van der Waals surface area contributed by atoms with Crippen LogP contribution in [-0.2, 0) is 9.47 Å². The van der Waals surface area contributed by atoms with Gasteiger partial charge in [-0.3, -0.25) is 5.41 Å². The Morgan fingerprint density at radius 2 is 1.42 bits per heavy atom. The molecule has 12 heavy (non-hydrogen) atoms. The molecule has 0 aromatic heterocycles. The Morgan fingerprint density at radius 3 is 1.58 bits per heavy atom. The van der Waals surface area contributed by atoms with Gasteiger partial charge in [-0.15, -0.1) is 0 Å². The van der Waals surface area contributed by atoms with E-state index in [0.717, 1.165) is 0 Å². The van der Waals surface area contributed by atoms with Gasteiger partial charge in [0.2, 0.25) is 6.29 Å². The monoisotopic (exact) mass is 174 g/mol. The molecule has 4 heteroatoms. The molecule has 0 aliphatic carbocycles. The molecule has 0 aromatic rings. The highest BCUT2D eigenvalue weighted by Gasteiger charge is 2.15. The maximum Gasteiger partial charge on any atom is 0.216 e. The summed E-state index contributed by atoms with van der Waals surface area (Å²) in [5.74, 6) is -0.0857. The van der Waals surface area contributed by atoms with Crippen LogP contribution in [-0.4, -0.2) is 24.3 Å². The molecule has 0 amide bonds. The van der Waals surface area contributed by atoms with Crippen molar-refractivity contribution in [2.45, 2.75) is 46.2 Å². The van der Waals surface area contributed by atoms with Crippen LogP contribution in [0.5, 0.6) is 0 Å². The first-order valence-electron chi connectivity index (χ1n) is 4.08. The van der Waals surface area contributed by atoms with Gasteiger partial charge in [0.25, 0.3) is 0 Å². The Labute approximate surface area is 73.5 Å². The largest absolute Gasteiger partial charge is 0.383 e. The Bertz CT molecular complexity index is 136. The minimum atomic E-state index is -0.704. The second-order valence-corrected chi connectivity index (χ2v) is 3.16. The zero-order valence-corrected chi connectivity index (χ0v) is 8.13. The quantitative estimate of drug-likeness (QED) is 0.372. The fraction of sp³-hybridized carbons (Fsp3) is 0.875. The van der Waals surface area contributed by atoms with E-state index in [9.17, 15) is 0 Å². The lowest BCUT2D eigenvalue weighted by Crippen LogP contribution is -2.36. The molecule has 72 valence electrons. The molecule has 0 aliphatic heterocycles. The van der Waals surface area contributed by atoms with Crippen LogP contribution in [0, 0.1) is 5.41 Å². The van der Waals surface area contributed by atoms with Crippen molar-refractivity contribution in [2.24, 2.45) is 5.73 Å². The summed E-state index contributed by atoms with van der Waals surface area (Å²) >= 11 is 0. The Balaban J connectivity index is 3.96. The van der Waals surface area contributed by atoms with Crippen molar-refractivity contribution in [2.75, 3.05) is 0 Å². The van der Waals surface area contributed by atoms with Crippen molar-refractivity contribution in [1.82, 2.24) is 0 Å². The minimum Gasteiger partial charge on any atom is -0.383 e. The van der Waals surface area contributed by atoms with Crippen LogP contribution >= 0.6 is 0 Å². The average molecular weight is 174 g/mol. The SMILES string of the molecule is CC(C)OC(OC(C)C)C(=N)N. The van der Waals surface area contributed by atoms with Gasteiger partial charge in [-0.2, -0.15) is 0 Å². The third-order valence-corrected chi connectivity index (χ3v) is 1.05. The number of hydrogen-bond donors (Lipinski definition) is 2. The topological polar surface area (TPSA) is 68.3 Å². The molecule has 0 heterocycles. The molecule has 0 fully saturated rings. The van der Waals surface area contributed by atoms with E-state index in [1.54, 1.807) is 0 Å². The lowest BCUT2D eigenvalue weighted by Gasteiger charge is -2.21. The number of rotatable bonds is 5. The van der Waals surface area contributed by atoms with Crippen LogP contribution in [0.1, 0.15) is 27.7 Å². The van der Waals surface area contributed by atoms with Crippen molar-refractivity contribution in [3.05, 3.63) is 0 Å². The molecular formula is C8H18N2O2. The zero-order chi connectivity index (χ0) is 9.72. The summed E-state index contributed by atoms with van der Waals surface area (Å²) in [4.78, 5) is 0. The van der Waals surface area contributed by atoms with Gasteiger partial charge in [0, 0.05) is 0 Å². The predicted octanol–water partition coefficient (Wildman–Crippen LogP) is 1.10. The van der Waals surface area contributed by atoms with E-state index in [0.29, 0.717) is 0 Å². The van der Waals surface area contributed by atoms with E-state index in [4.69, 9.17) is 20.6 Å². The highest BCUT2D eigenvalue weighted by Crippen LogP contribution is 2.02. The number of amidine groups is 1. The fourth-order valence-corrected chi connectivity index (χ4v) is 0.673. The molecule has 4 nitrogen and oxygen atoms in total. The molecule has 3 N–H and O–H groups in total. The summed E-state index contributed by atoms with van der Waals surface area (Å²) in [6.45, 7) is 7.50. The molecule has 0 saturated heterocycles. The van der Waals surface area contributed by atoms with Gasteiger partial charge in [-0.05, 0) is 27.7 Å². The van der Waals surface area contributed by atoms with Gasteiger partial charge >= 0.3 is 0 Å². The van der Waals surface area contributed by atoms with Gasteiger partial charge < -0.3 is 15.2 Å². The van der Waals surface area contributed by atoms with Crippen LogP contribution in [0.15, 0.2) is 0 Å². The van der Waals surface area contributed by atoms with E-state index in [2.05, 4.69) is 0 Å². The summed E-state index contributed by atoms with van der Waals surface area (Å²) in [7, 11) is 0. The molecule has 0 unspecified atom stereocenters. The summed E-state index contributed by atoms with van der Waals surface area (Å²) < 4.78 is 10.5. The van der Waals surface area contributed by atoms with Crippen LogP contribution in [0.3, 0.4) is 0 Å². The lowest BCUT2D eigenvalue weighted by atomic mass is 10.4. The summed E-state index contributed by atoms with van der Waals surface area (Å²) in [5, 5.41) is 7.17. The van der Waals surface area contributed by atoms with Crippen LogP contribution in [0.4, 0.5) is 0 Å². The van der Waals surface area contributed by atoms with E-state index < -0.39 is 6.29 Å². The molecule has 0 aromatic carbocycles. The summed E-state index contributed by atoms with van der Waals surface area (Å²) in [6, 6.07) is 0. The standard InChI is InChI=1S/C8H18N2O2/c1-5(2)11-8(7(9)10)12-6(3)4/h5-6,8H,1-4H3,(H3,9,10). The average Bonchev–Trinajstić information content (AvgIpc) is 1.83. The highest BCUT2D eigenvalue weighted by atomic mass is 16.7. The van der Waals surface area contributed by atoms with E-state index >= 15 is 0 Å². The van der Waals surface area contributed by atoms with E-state index in [1.807, 2.05) is 27.7 Å². The molecule has 0 atom stereocenters. The van der Waals surface area contributed by atoms with Gasteiger partial charge in [-0.25, -0.2) is 0 Å². The summed E-state index contributed by atoms with van der Waals surface area (Å²) in [5.41, 5.74) is 5.27. The number of hydrogen-bond acceptors (Lipinski definition) is 3. The lowest BCUT2D eigenvalue weighted by molar-refractivity contribution is -0.141. The second kappa shape index (κ2) is 5.11. The zero-order valence-electron chi connectivity index (χ0n) is 8.13. The molecule has 0 rings (SSSR count). The van der Waals surface area contributed by atoms with Gasteiger partial charge in [-0.1, -0.05) is 0 Å². The third-order valence-electron chi connectivity index (χ3n) is 1.05. The fourth-order valence-electron chi connectivity index (χ4n) is 0.673. The van der Waals surface area contributed by atoms with Gasteiger partial charge in [0.1, 0.15) is 5.84 Å². The minimum absolute atomic E-state index is 0.0117. The van der Waals surface area contributed by atoms with Gasteiger partial charge in [0.05, 0.1) is 12.2 Å². The smallest absolute Gasteiger partial charge is 0.216 e. The van der Waals surface area contributed by atoms with Crippen molar-refractivity contribution in [3.8, 4) is 0 Å². The Morgan fingerprint density at radius 1 is 1.08 bits per heavy atom. The molecule has 0 saturated carbocycles. The van der Waals surface area contributed by atoms with Crippen LogP contribution in [0.25, 0.3) is 0 Å². The van der Waals surface area contributed by atoms with E-state index in [1.165, 1.54) is 0 Å². The van der Waals surface area contributed by atoms with Crippen molar-refractivity contribution < 1.29 is 9.47 Å². The predicted molar refractivity (Wildman–Crippen MR) is 48.1 cm³/mol. The third kappa shape index (κ3) is 5.09. The second-order valence-electron chi connectivity index (χ2n) is 3.16. The van der Waals surface area contributed by atoms with Crippen LogP contribution < -0.4 is 5.73 Å². The Hall–Kier alpha value is -0.610.